The van der Waals surface area contributed by atoms with Crippen LogP contribution >= 0.6 is 0 Å². The Labute approximate surface area is 130 Å². The number of anilines is 1. The normalized spacial score (nSPS) is 12.0. The Bertz CT molecular complexity index is 625. The van der Waals surface area contributed by atoms with E-state index in [0.717, 1.165) is 29.9 Å². The molecule has 1 N–H and O–H groups in total. The van der Waals surface area contributed by atoms with Gasteiger partial charge < -0.3 is 19.3 Å². The fourth-order valence-corrected chi connectivity index (χ4v) is 2.20. The molecule has 0 radical (unpaired) electrons. The van der Waals surface area contributed by atoms with Crippen LogP contribution in [0.2, 0.25) is 0 Å². The molecule has 0 saturated heterocycles. The molecule has 2 rings (SSSR count). The Morgan fingerprint density at radius 3 is 2.55 bits per heavy atom. The van der Waals surface area contributed by atoms with Crippen LogP contribution in [0.4, 0.5) is 5.69 Å². The van der Waals surface area contributed by atoms with Gasteiger partial charge >= 0.3 is 0 Å². The zero-order chi connectivity index (χ0) is 16.1. The summed E-state index contributed by atoms with van der Waals surface area (Å²) in [4.78, 5) is 4.41. The predicted molar refractivity (Wildman–Crippen MR) is 84.6 cm³/mol. The summed E-state index contributed by atoms with van der Waals surface area (Å²) in [5.74, 6) is 2.72. The maximum atomic E-state index is 5.34. The Kier molecular flexibility index (Phi) is 5.25. The number of benzene rings is 1. The first kappa shape index (κ1) is 16.1. The first-order chi connectivity index (χ1) is 10.6. The lowest BCUT2D eigenvalue weighted by Crippen LogP contribution is -2.08. The predicted octanol–water partition coefficient (Wildman–Crippen LogP) is 3.52. The van der Waals surface area contributed by atoms with Crippen LogP contribution in [-0.4, -0.2) is 24.4 Å². The molecular weight excluding hydrogens is 282 g/mol. The van der Waals surface area contributed by atoms with Crippen LogP contribution in [0.5, 0.6) is 11.5 Å². The van der Waals surface area contributed by atoms with Crippen LogP contribution in [0.3, 0.4) is 0 Å². The first-order valence-electron chi connectivity index (χ1n) is 7.40. The molecule has 1 aromatic heterocycles. The van der Waals surface area contributed by atoms with E-state index < -0.39 is 0 Å². The van der Waals surface area contributed by atoms with Crippen molar-refractivity contribution in [2.24, 2.45) is 0 Å². The number of ether oxygens (including phenoxy) is 2. The summed E-state index contributed by atoms with van der Waals surface area (Å²) in [7, 11) is 3.25. The standard InChI is InChI=1S/C16H23N3O3/c1-6-7-15-18-16(22-19-15)11(3)17-12-9-14(21-5)13(20-4)8-10(12)2/h8-9,11,17H,6-7H2,1-5H3/t11-/m1/s1. The summed E-state index contributed by atoms with van der Waals surface area (Å²) < 4.78 is 16.0. The first-order valence-corrected chi connectivity index (χ1v) is 7.40. The Morgan fingerprint density at radius 2 is 1.91 bits per heavy atom. The van der Waals surface area contributed by atoms with Gasteiger partial charge in [0.1, 0.15) is 6.04 Å². The second kappa shape index (κ2) is 7.15. The van der Waals surface area contributed by atoms with E-state index in [0.29, 0.717) is 17.4 Å². The monoisotopic (exact) mass is 305 g/mol. The third-order valence-corrected chi connectivity index (χ3v) is 3.43. The molecule has 0 bridgehead atoms. The quantitative estimate of drug-likeness (QED) is 0.844. The van der Waals surface area contributed by atoms with Gasteiger partial charge in [0.25, 0.3) is 0 Å². The van der Waals surface area contributed by atoms with Crippen LogP contribution in [0.25, 0.3) is 0 Å². The lowest BCUT2D eigenvalue weighted by Gasteiger charge is -2.16. The molecule has 0 aliphatic rings. The van der Waals surface area contributed by atoms with Crippen molar-refractivity contribution in [3.05, 3.63) is 29.4 Å². The van der Waals surface area contributed by atoms with Crippen molar-refractivity contribution in [1.29, 1.82) is 0 Å². The highest BCUT2D eigenvalue weighted by Gasteiger charge is 2.16. The molecule has 0 spiro atoms. The second-order valence-corrected chi connectivity index (χ2v) is 5.19. The molecule has 1 heterocycles. The highest BCUT2D eigenvalue weighted by atomic mass is 16.5. The lowest BCUT2D eigenvalue weighted by molar-refractivity contribution is 0.354. The van der Waals surface area contributed by atoms with Crippen LogP contribution in [0.15, 0.2) is 16.7 Å². The van der Waals surface area contributed by atoms with Crippen LogP contribution in [-0.2, 0) is 6.42 Å². The molecule has 0 aliphatic carbocycles. The Morgan fingerprint density at radius 1 is 1.23 bits per heavy atom. The summed E-state index contributed by atoms with van der Waals surface area (Å²) >= 11 is 0. The molecule has 0 fully saturated rings. The van der Waals surface area contributed by atoms with Gasteiger partial charge in [0.05, 0.1) is 14.2 Å². The number of hydrogen-bond acceptors (Lipinski definition) is 6. The fourth-order valence-electron chi connectivity index (χ4n) is 2.20. The molecular formula is C16H23N3O3. The second-order valence-electron chi connectivity index (χ2n) is 5.19. The topological polar surface area (TPSA) is 69.4 Å². The fraction of sp³-hybridized carbons (Fsp3) is 0.500. The van der Waals surface area contributed by atoms with Crippen molar-refractivity contribution < 1.29 is 14.0 Å². The average molecular weight is 305 g/mol. The lowest BCUT2D eigenvalue weighted by atomic mass is 10.1. The van der Waals surface area contributed by atoms with E-state index in [1.807, 2.05) is 26.0 Å². The van der Waals surface area contributed by atoms with E-state index >= 15 is 0 Å². The summed E-state index contributed by atoms with van der Waals surface area (Å²) in [5, 5.41) is 7.36. The summed E-state index contributed by atoms with van der Waals surface area (Å²) in [5.41, 5.74) is 2.00. The van der Waals surface area contributed by atoms with E-state index in [4.69, 9.17) is 14.0 Å². The molecule has 6 nitrogen and oxygen atoms in total. The van der Waals surface area contributed by atoms with Crippen molar-refractivity contribution in [2.45, 2.75) is 39.7 Å². The van der Waals surface area contributed by atoms with Gasteiger partial charge in [-0.15, -0.1) is 0 Å². The minimum atomic E-state index is -0.0880. The van der Waals surface area contributed by atoms with Crippen molar-refractivity contribution in [3.63, 3.8) is 0 Å². The number of aryl methyl sites for hydroxylation is 2. The minimum absolute atomic E-state index is 0.0880. The number of aromatic nitrogens is 2. The van der Waals surface area contributed by atoms with Crippen molar-refractivity contribution in [1.82, 2.24) is 10.1 Å². The highest BCUT2D eigenvalue weighted by Crippen LogP contribution is 2.34. The summed E-state index contributed by atoms with van der Waals surface area (Å²) in [6.45, 7) is 6.08. The van der Waals surface area contributed by atoms with Gasteiger partial charge in [-0.25, -0.2) is 0 Å². The zero-order valence-corrected chi connectivity index (χ0v) is 13.8. The van der Waals surface area contributed by atoms with Gasteiger partial charge in [-0.1, -0.05) is 12.1 Å². The SMILES string of the molecule is CCCc1noc([C@@H](C)Nc2cc(OC)c(OC)cc2C)n1. The van der Waals surface area contributed by atoms with E-state index in [9.17, 15) is 0 Å². The van der Waals surface area contributed by atoms with Gasteiger partial charge in [0.2, 0.25) is 5.89 Å². The van der Waals surface area contributed by atoms with Crippen molar-refractivity contribution in [3.8, 4) is 11.5 Å². The number of nitrogens with one attached hydrogen (secondary N) is 1. The largest absolute Gasteiger partial charge is 0.493 e. The van der Waals surface area contributed by atoms with E-state index in [1.165, 1.54) is 0 Å². The molecule has 22 heavy (non-hydrogen) atoms. The molecule has 0 unspecified atom stereocenters. The molecule has 6 heteroatoms. The molecule has 2 aromatic rings. The van der Waals surface area contributed by atoms with Crippen LogP contribution < -0.4 is 14.8 Å². The average Bonchev–Trinajstić information content (AvgIpc) is 2.98. The van der Waals surface area contributed by atoms with Gasteiger partial charge in [-0.2, -0.15) is 4.98 Å². The summed E-state index contributed by atoms with van der Waals surface area (Å²) in [6, 6.07) is 3.76. The van der Waals surface area contributed by atoms with Gasteiger partial charge in [-0.3, -0.25) is 0 Å². The number of hydrogen-bond donors (Lipinski definition) is 1. The van der Waals surface area contributed by atoms with Gasteiger partial charge in [0.15, 0.2) is 17.3 Å². The summed E-state index contributed by atoms with van der Waals surface area (Å²) in [6.07, 6.45) is 1.82. The molecule has 0 saturated carbocycles. The smallest absolute Gasteiger partial charge is 0.248 e. The van der Waals surface area contributed by atoms with E-state index in [2.05, 4.69) is 22.4 Å². The van der Waals surface area contributed by atoms with Gasteiger partial charge in [0, 0.05) is 18.2 Å². The number of nitrogens with zero attached hydrogens (tertiary/aromatic N) is 2. The zero-order valence-electron chi connectivity index (χ0n) is 13.8. The van der Waals surface area contributed by atoms with Crippen LogP contribution in [0, 0.1) is 6.92 Å². The number of rotatable bonds is 7. The maximum Gasteiger partial charge on any atom is 0.248 e. The maximum absolute atomic E-state index is 5.34. The van der Waals surface area contributed by atoms with Crippen LogP contribution in [0.1, 0.15) is 43.6 Å². The third kappa shape index (κ3) is 3.50. The van der Waals surface area contributed by atoms with E-state index in [-0.39, 0.29) is 6.04 Å². The number of methoxy groups -OCH3 is 2. The van der Waals surface area contributed by atoms with Gasteiger partial charge in [-0.05, 0) is 31.9 Å². The molecule has 0 amide bonds. The Balaban J connectivity index is 2.18. The minimum Gasteiger partial charge on any atom is -0.493 e. The van der Waals surface area contributed by atoms with Crippen molar-refractivity contribution in [2.75, 3.05) is 19.5 Å². The third-order valence-electron chi connectivity index (χ3n) is 3.43. The molecule has 0 aliphatic heterocycles. The highest BCUT2D eigenvalue weighted by molar-refractivity contribution is 5.60. The molecule has 1 aromatic carbocycles. The van der Waals surface area contributed by atoms with E-state index in [1.54, 1.807) is 14.2 Å². The molecule has 120 valence electrons. The Hall–Kier alpha value is -2.24. The van der Waals surface area contributed by atoms with Crippen molar-refractivity contribution >= 4 is 5.69 Å². The molecule has 1 atom stereocenters.